The van der Waals surface area contributed by atoms with Gasteiger partial charge in [-0.2, -0.15) is 0 Å². The van der Waals surface area contributed by atoms with E-state index in [1.165, 1.54) is 0 Å². The van der Waals surface area contributed by atoms with E-state index in [1.54, 1.807) is 0 Å². The van der Waals surface area contributed by atoms with Crippen molar-refractivity contribution in [3.63, 3.8) is 0 Å². The SMILES string of the molecule is [C-]#[N+]C[Si]. The van der Waals surface area contributed by atoms with Crippen molar-refractivity contribution >= 4 is 10.2 Å². The van der Waals surface area contributed by atoms with Crippen molar-refractivity contribution in [2.75, 3.05) is 6.17 Å². The van der Waals surface area contributed by atoms with E-state index < -0.39 is 0 Å². The van der Waals surface area contributed by atoms with Crippen molar-refractivity contribution in [1.82, 2.24) is 0 Å². The summed E-state index contributed by atoms with van der Waals surface area (Å²) in [5, 5.41) is 0. The smallest absolute Gasteiger partial charge is 0.187 e. The van der Waals surface area contributed by atoms with Crippen molar-refractivity contribution < 1.29 is 0 Å². The maximum Gasteiger partial charge on any atom is 0.187 e. The lowest BCUT2D eigenvalue weighted by Gasteiger charge is -1.51. The van der Waals surface area contributed by atoms with Crippen molar-refractivity contribution in [3.8, 4) is 0 Å². The average Bonchev–Trinajstić information content (AvgIpc) is 1.37. The first-order valence-electron chi connectivity index (χ1n) is 0.893. The fourth-order valence-electron chi connectivity index (χ4n) is 0. The maximum absolute atomic E-state index is 6.03. The van der Waals surface area contributed by atoms with Crippen LogP contribution in [-0.2, 0) is 0 Å². The molecule has 0 bridgehead atoms. The van der Waals surface area contributed by atoms with Gasteiger partial charge in [-0.3, -0.25) is 0 Å². The molecule has 0 aromatic heterocycles. The summed E-state index contributed by atoms with van der Waals surface area (Å²) in [6.07, 6.45) is 0.417. The largest absolute Gasteiger partial charge is 0.323 e. The fraction of sp³-hybridized carbons (Fsp3) is 0.500. The maximum atomic E-state index is 6.03. The van der Waals surface area contributed by atoms with E-state index in [1.807, 2.05) is 0 Å². The molecule has 4 heavy (non-hydrogen) atoms. The molecule has 0 aromatic rings. The monoisotopic (exact) mass is 68.0 g/mol. The highest BCUT2D eigenvalue weighted by Gasteiger charge is 1.52. The zero-order chi connectivity index (χ0) is 3.41. The van der Waals surface area contributed by atoms with Crippen LogP contribution in [0.4, 0.5) is 0 Å². The normalized spacial score (nSPS) is 5.00. The van der Waals surface area contributed by atoms with Crippen molar-refractivity contribution in [2.45, 2.75) is 0 Å². The van der Waals surface area contributed by atoms with E-state index in [-0.39, 0.29) is 0 Å². The Balaban J connectivity index is 2.43. The molecule has 0 fully saturated rings. The van der Waals surface area contributed by atoms with Gasteiger partial charge in [-0.25, -0.2) is 6.57 Å². The molecule has 0 aliphatic carbocycles. The van der Waals surface area contributed by atoms with Crippen LogP contribution in [0.1, 0.15) is 0 Å². The standard InChI is InChI=1S/C2H2NSi/c1-3-2-4/h2H2. The number of rotatable bonds is 0. The van der Waals surface area contributed by atoms with Crippen LogP contribution >= 0.6 is 0 Å². The zero-order valence-corrected chi connectivity index (χ0v) is 3.15. The Hall–Kier alpha value is -0.293. The molecule has 0 atom stereocenters. The Labute approximate surface area is 28.9 Å². The van der Waals surface area contributed by atoms with Crippen LogP contribution in [0.2, 0.25) is 0 Å². The van der Waals surface area contributed by atoms with Crippen LogP contribution in [0.15, 0.2) is 0 Å². The number of hydrogen-bond donors (Lipinski definition) is 0. The van der Waals surface area contributed by atoms with Gasteiger partial charge >= 0.3 is 0 Å². The van der Waals surface area contributed by atoms with Gasteiger partial charge in [-0.05, 0) is 0 Å². The molecule has 3 radical (unpaired) electrons. The molecule has 0 spiro atoms. The molecule has 0 saturated heterocycles. The van der Waals surface area contributed by atoms with Gasteiger partial charge in [0, 0.05) is 0 Å². The lowest BCUT2D eigenvalue weighted by Crippen LogP contribution is -1.61. The minimum absolute atomic E-state index is 0.417. The van der Waals surface area contributed by atoms with E-state index in [9.17, 15) is 0 Å². The highest BCUT2D eigenvalue weighted by molar-refractivity contribution is 6.09. The van der Waals surface area contributed by atoms with Gasteiger partial charge in [0.05, 0.1) is 0 Å². The predicted octanol–water partition coefficient (Wildman–Crippen LogP) is 0.0317. The van der Waals surface area contributed by atoms with Gasteiger partial charge in [0.25, 0.3) is 0 Å². The predicted molar refractivity (Wildman–Crippen MR) is 17.2 cm³/mol. The van der Waals surface area contributed by atoms with Gasteiger partial charge in [0.1, 0.15) is 10.2 Å². The van der Waals surface area contributed by atoms with Crippen LogP contribution in [0.25, 0.3) is 4.85 Å². The van der Waals surface area contributed by atoms with Crippen LogP contribution in [0, 0.1) is 6.57 Å². The summed E-state index contributed by atoms with van der Waals surface area (Å²) in [5.41, 5.74) is 0. The molecule has 0 aromatic carbocycles. The minimum atomic E-state index is 0.417. The second-order valence-electron chi connectivity index (χ2n) is 0.316. The summed E-state index contributed by atoms with van der Waals surface area (Å²) in [6.45, 7) is 6.03. The van der Waals surface area contributed by atoms with E-state index in [2.05, 4.69) is 15.1 Å². The Bertz CT molecular complexity index is 35.8. The second kappa shape index (κ2) is 2.71. The van der Waals surface area contributed by atoms with Gasteiger partial charge in [-0.1, -0.05) is 0 Å². The molecule has 2 heteroatoms. The molecule has 0 rings (SSSR count). The Morgan fingerprint density at radius 3 is 2.25 bits per heavy atom. The second-order valence-corrected chi connectivity index (χ2v) is 0.632. The summed E-state index contributed by atoms with van der Waals surface area (Å²) in [4.78, 5) is 2.90. The Morgan fingerprint density at radius 1 is 2.00 bits per heavy atom. The minimum Gasteiger partial charge on any atom is -0.323 e. The molecule has 19 valence electrons. The van der Waals surface area contributed by atoms with Crippen LogP contribution < -0.4 is 0 Å². The summed E-state index contributed by atoms with van der Waals surface area (Å²) >= 11 is 0. The third kappa shape index (κ3) is 1.71. The van der Waals surface area contributed by atoms with Crippen LogP contribution in [0.3, 0.4) is 0 Å². The van der Waals surface area contributed by atoms with Crippen molar-refractivity contribution in [3.05, 3.63) is 11.4 Å². The fourth-order valence-corrected chi connectivity index (χ4v) is 0. The first kappa shape index (κ1) is 3.71. The topological polar surface area (TPSA) is 4.36 Å². The third-order valence-corrected chi connectivity index (χ3v) is 0.237. The van der Waals surface area contributed by atoms with Gasteiger partial charge in [0.15, 0.2) is 6.17 Å². The lowest BCUT2D eigenvalue weighted by atomic mass is 11.4. The Morgan fingerprint density at radius 2 is 2.25 bits per heavy atom. The highest BCUT2D eigenvalue weighted by Crippen LogP contribution is 1.44. The molecular weight excluding hydrogens is 66.1 g/mol. The zero-order valence-electron chi connectivity index (χ0n) is 2.15. The molecule has 0 heterocycles. The molecule has 0 saturated carbocycles. The molecule has 0 unspecified atom stereocenters. The molecule has 0 aliphatic rings. The number of hydrogen-bond acceptors (Lipinski definition) is 0. The molecule has 0 N–H and O–H groups in total. The quantitative estimate of drug-likeness (QED) is 0.279. The Kier molecular flexibility index (Phi) is 2.51. The van der Waals surface area contributed by atoms with E-state index in [0.717, 1.165) is 0 Å². The van der Waals surface area contributed by atoms with Crippen molar-refractivity contribution in [2.24, 2.45) is 0 Å². The van der Waals surface area contributed by atoms with Crippen LogP contribution in [0.5, 0.6) is 0 Å². The number of nitrogens with zero attached hydrogens (tertiary/aromatic N) is 1. The molecule has 0 aliphatic heterocycles. The first-order chi connectivity index (χ1) is 1.91. The summed E-state index contributed by atoms with van der Waals surface area (Å²) in [5.74, 6) is 0. The highest BCUT2D eigenvalue weighted by atomic mass is 28.1. The molecular formula is C2H2NSi. The van der Waals surface area contributed by atoms with Gasteiger partial charge < -0.3 is 4.85 Å². The first-order valence-corrected chi connectivity index (χ1v) is 1.60. The van der Waals surface area contributed by atoms with Gasteiger partial charge in [-0.15, -0.1) is 0 Å². The van der Waals surface area contributed by atoms with Crippen LogP contribution in [-0.4, -0.2) is 16.4 Å². The molecule has 1 nitrogen and oxygen atoms in total. The molecule has 0 amide bonds. The van der Waals surface area contributed by atoms with Gasteiger partial charge in [0.2, 0.25) is 0 Å². The summed E-state index contributed by atoms with van der Waals surface area (Å²) in [6, 6.07) is 0. The average molecular weight is 68.1 g/mol. The van der Waals surface area contributed by atoms with E-state index in [0.29, 0.717) is 6.17 Å². The van der Waals surface area contributed by atoms with Crippen molar-refractivity contribution in [1.29, 1.82) is 0 Å². The lowest BCUT2D eigenvalue weighted by molar-refractivity contribution is 1.77. The summed E-state index contributed by atoms with van der Waals surface area (Å²) in [7, 11) is 2.93. The van der Waals surface area contributed by atoms with E-state index in [4.69, 9.17) is 6.57 Å². The third-order valence-electron chi connectivity index (χ3n) is 0.0791. The summed E-state index contributed by atoms with van der Waals surface area (Å²) < 4.78 is 0. The van der Waals surface area contributed by atoms with E-state index >= 15 is 0 Å².